The summed E-state index contributed by atoms with van der Waals surface area (Å²) in [5.74, 6) is 0. The number of hydrogen-bond acceptors (Lipinski definition) is 4. The van der Waals surface area contributed by atoms with E-state index in [0.29, 0.717) is 0 Å². The second-order valence-electron chi connectivity index (χ2n) is 10.7. The van der Waals surface area contributed by atoms with Gasteiger partial charge in [0.2, 0.25) is 16.8 Å². The Balaban J connectivity index is 0. The lowest BCUT2D eigenvalue weighted by Crippen LogP contribution is -2.68. The van der Waals surface area contributed by atoms with E-state index in [4.69, 9.17) is 21.6 Å². The van der Waals surface area contributed by atoms with Crippen LogP contribution in [-0.2, 0) is 0 Å². The second-order valence-corrected chi connectivity index (χ2v) is 20.2. The van der Waals surface area contributed by atoms with Crippen LogP contribution in [0.2, 0.25) is 20.2 Å². The first-order valence-electron chi connectivity index (χ1n) is 8.15. The molecule has 0 rings (SSSR count). The summed E-state index contributed by atoms with van der Waals surface area (Å²) in [6.07, 6.45) is 0. The summed E-state index contributed by atoms with van der Waals surface area (Å²) in [7, 11) is -4.21. The molecule has 4 nitrogen and oxygen atoms in total. The van der Waals surface area contributed by atoms with Gasteiger partial charge in [-0.2, -0.15) is 0 Å². The lowest BCUT2D eigenvalue weighted by Gasteiger charge is -2.45. The highest BCUT2D eigenvalue weighted by Crippen LogP contribution is 2.44. The van der Waals surface area contributed by atoms with E-state index in [9.17, 15) is 0 Å². The van der Waals surface area contributed by atoms with Crippen molar-refractivity contribution in [3.63, 3.8) is 0 Å². The standard InChI is InChI=1S/2C8H22N2Si/c2*1-7(2,3)11(9,10)8(4,5)6/h2*9-10H2,1-6H3. The van der Waals surface area contributed by atoms with Crippen LogP contribution >= 0.6 is 0 Å². The molecular formula is C16H44N4Si2. The van der Waals surface area contributed by atoms with Gasteiger partial charge in [0.05, 0.1) is 0 Å². The second kappa shape index (κ2) is 6.65. The molecule has 0 aliphatic rings. The zero-order chi connectivity index (χ0) is 19.0. The number of rotatable bonds is 0. The Labute approximate surface area is 142 Å². The maximum atomic E-state index is 6.19. The molecule has 0 aromatic heterocycles. The van der Waals surface area contributed by atoms with Crippen molar-refractivity contribution in [2.45, 2.75) is 103 Å². The van der Waals surface area contributed by atoms with Crippen LogP contribution in [0.1, 0.15) is 83.1 Å². The van der Waals surface area contributed by atoms with Gasteiger partial charge in [-0.15, -0.1) is 0 Å². The highest BCUT2D eigenvalue weighted by atomic mass is 28.4. The third-order valence-corrected chi connectivity index (χ3v) is 14.9. The molecule has 0 bridgehead atoms. The molecule has 0 saturated carbocycles. The predicted molar refractivity (Wildman–Crippen MR) is 107 cm³/mol. The first kappa shape index (κ1) is 24.5. The molecule has 0 aliphatic heterocycles. The highest BCUT2D eigenvalue weighted by molar-refractivity contribution is 6.79. The summed E-state index contributed by atoms with van der Waals surface area (Å²) in [6, 6.07) is 0. The van der Waals surface area contributed by atoms with E-state index in [1.807, 2.05) is 0 Å². The van der Waals surface area contributed by atoms with Crippen molar-refractivity contribution >= 4 is 16.8 Å². The van der Waals surface area contributed by atoms with E-state index in [1.54, 1.807) is 0 Å². The molecule has 0 unspecified atom stereocenters. The molecule has 0 aromatic rings. The van der Waals surface area contributed by atoms with E-state index in [0.717, 1.165) is 0 Å². The van der Waals surface area contributed by atoms with Gasteiger partial charge < -0.3 is 21.6 Å². The minimum atomic E-state index is -2.11. The Kier molecular flexibility index (Phi) is 7.41. The van der Waals surface area contributed by atoms with Crippen LogP contribution in [0.5, 0.6) is 0 Å². The Morgan fingerprint density at radius 1 is 0.364 bits per heavy atom. The zero-order valence-electron chi connectivity index (χ0n) is 17.3. The number of nitrogens with two attached hydrogens (primary N) is 4. The van der Waals surface area contributed by atoms with Crippen LogP contribution in [0, 0.1) is 0 Å². The molecular weight excluding hydrogens is 304 g/mol. The first-order valence-corrected chi connectivity index (χ1v) is 12.5. The Bertz CT molecular complexity index is 282. The van der Waals surface area contributed by atoms with Crippen molar-refractivity contribution in [2.24, 2.45) is 21.6 Å². The van der Waals surface area contributed by atoms with Crippen molar-refractivity contribution in [3.05, 3.63) is 0 Å². The van der Waals surface area contributed by atoms with Crippen LogP contribution in [0.15, 0.2) is 0 Å². The van der Waals surface area contributed by atoms with Crippen LogP contribution < -0.4 is 21.6 Å². The van der Waals surface area contributed by atoms with Crippen molar-refractivity contribution in [2.75, 3.05) is 0 Å². The normalized spacial score (nSPS) is 15.3. The van der Waals surface area contributed by atoms with E-state index in [-0.39, 0.29) is 20.2 Å². The fraction of sp³-hybridized carbons (Fsp3) is 1.00. The van der Waals surface area contributed by atoms with Gasteiger partial charge >= 0.3 is 0 Å². The van der Waals surface area contributed by atoms with Crippen LogP contribution in [0.4, 0.5) is 0 Å². The maximum Gasteiger partial charge on any atom is 0.207 e. The topological polar surface area (TPSA) is 104 Å². The van der Waals surface area contributed by atoms with Gasteiger partial charge in [-0.25, -0.2) is 0 Å². The monoisotopic (exact) mass is 348 g/mol. The largest absolute Gasteiger partial charge is 0.338 e. The average molecular weight is 349 g/mol. The molecule has 0 aromatic carbocycles. The third-order valence-electron chi connectivity index (χ3n) is 4.96. The van der Waals surface area contributed by atoms with Gasteiger partial charge in [-0.3, -0.25) is 0 Å². The Morgan fingerprint density at radius 2 is 0.455 bits per heavy atom. The van der Waals surface area contributed by atoms with Crippen molar-refractivity contribution in [3.8, 4) is 0 Å². The summed E-state index contributed by atoms with van der Waals surface area (Å²) < 4.78 is 0. The Morgan fingerprint density at radius 3 is 0.455 bits per heavy atom. The molecule has 0 amide bonds. The molecule has 0 aliphatic carbocycles. The summed E-state index contributed by atoms with van der Waals surface area (Å²) in [5, 5.41) is 25.0. The zero-order valence-corrected chi connectivity index (χ0v) is 19.3. The molecule has 8 N–H and O–H groups in total. The lowest BCUT2D eigenvalue weighted by atomic mass is 10.2. The quantitative estimate of drug-likeness (QED) is 0.498. The minimum absolute atomic E-state index is 0.0747. The molecule has 0 radical (unpaired) electrons. The van der Waals surface area contributed by atoms with Gasteiger partial charge in [-0.1, -0.05) is 83.1 Å². The van der Waals surface area contributed by atoms with Gasteiger partial charge in [0.25, 0.3) is 0 Å². The summed E-state index contributed by atoms with van der Waals surface area (Å²) in [6.45, 7) is 25.6. The number of hydrogen-bond donors (Lipinski definition) is 4. The van der Waals surface area contributed by atoms with Crippen LogP contribution in [-0.4, -0.2) is 16.8 Å². The van der Waals surface area contributed by atoms with Crippen molar-refractivity contribution in [1.82, 2.24) is 0 Å². The molecule has 6 heteroatoms. The van der Waals surface area contributed by atoms with Crippen LogP contribution in [0.3, 0.4) is 0 Å². The van der Waals surface area contributed by atoms with E-state index >= 15 is 0 Å². The van der Waals surface area contributed by atoms with Crippen molar-refractivity contribution in [1.29, 1.82) is 0 Å². The molecule has 22 heavy (non-hydrogen) atoms. The van der Waals surface area contributed by atoms with Gasteiger partial charge in [0, 0.05) is 0 Å². The average Bonchev–Trinajstić information content (AvgIpc) is 2.10. The summed E-state index contributed by atoms with van der Waals surface area (Å²) in [4.78, 5) is 0. The molecule has 136 valence electrons. The van der Waals surface area contributed by atoms with E-state index < -0.39 is 16.8 Å². The Hall–Kier alpha value is 0.274. The van der Waals surface area contributed by atoms with Gasteiger partial charge in [0.1, 0.15) is 0 Å². The molecule has 0 saturated heterocycles. The fourth-order valence-corrected chi connectivity index (χ4v) is 6.75. The smallest absolute Gasteiger partial charge is 0.207 e. The first-order chi connectivity index (χ1) is 9.00. The highest BCUT2D eigenvalue weighted by Gasteiger charge is 2.48. The van der Waals surface area contributed by atoms with Gasteiger partial charge in [0.15, 0.2) is 0 Å². The molecule has 0 fully saturated rings. The summed E-state index contributed by atoms with van der Waals surface area (Å²) >= 11 is 0. The fourth-order valence-electron chi connectivity index (χ4n) is 2.25. The molecule has 0 atom stereocenters. The lowest BCUT2D eigenvalue weighted by molar-refractivity contribution is 0.606. The van der Waals surface area contributed by atoms with E-state index in [1.165, 1.54) is 0 Å². The molecule has 0 spiro atoms. The van der Waals surface area contributed by atoms with Gasteiger partial charge in [-0.05, 0) is 20.2 Å². The molecule has 0 heterocycles. The maximum absolute atomic E-state index is 6.19. The SMILES string of the molecule is CC(C)(C)[Si](N)(N)C(C)(C)C.CC(C)(C)[Si](N)(N)C(C)(C)C. The van der Waals surface area contributed by atoms with Crippen LogP contribution in [0.25, 0.3) is 0 Å². The third kappa shape index (κ3) is 5.72. The summed E-state index contributed by atoms with van der Waals surface area (Å²) in [5.41, 5.74) is 0. The predicted octanol–water partition coefficient (Wildman–Crippen LogP) is 3.89. The van der Waals surface area contributed by atoms with E-state index in [2.05, 4.69) is 83.1 Å². The minimum Gasteiger partial charge on any atom is -0.338 e. The van der Waals surface area contributed by atoms with Crippen molar-refractivity contribution < 1.29 is 0 Å².